The summed E-state index contributed by atoms with van der Waals surface area (Å²) in [4.78, 5) is 13.2. The molecule has 2 aromatic rings. The van der Waals surface area contributed by atoms with Crippen LogP contribution in [0.5, 0.6) is 0 Å². The van der Waals surface area contributed by atoms with Crippen molar-refractivity contribution >= 4 is 15.9 Å². The van der Waals surface area contributed by atoms with Crippen LogP contribution in [0, 0.1) is 0 Å². The molecule has 2 atom stereocenters. The molecule has 2 unspecified atom stereocenters. The minimum atomic E-state index is -3.72. The summed E-state index contributed by atoms with van der Waals surface area (Å²) in [6.07, 6.45) is 1.61. The van der Waals surface area contributed by atoms with Crippen molar-refractivity contribution in [3.05, 3.63) is 60.2 Å². The fourth-order valence-electron chi connectivity index (χ4n) is 3.90. The van der Waals surface area contributed by atoms with Crippen LogP contribution in [0.3, 0.4) is 0 Å². The average molecular weight is 422 g/mol. The highest BCUT2D eigenvalue weighted by atomic mass is 32.2. The van der Waals surface area contributed by atoms with Crippen LogP contribution in [-0.4, -0.2) is 44.1 Å². The van der Waals surface area contributed by atoms with E-state index in [1.807, 2.05) is 30.3 Å². The minimum Gasteiger partial charge on any atom is -0.332 e. The van der Waals surface area contributed by atoms with E-state index >= 15 is 8.78 Å². The average Bonchev–Trinajstić information content (AvgIpc) is 2.67. The molecule has 1 amide bonds. The molecular formula is C21H24F2N2O3S. The van der Waals surface area contributed by atoms with Gasteiger partial charge in [-0.2, -0.15) is 8.78 Å². The van der Waals surface area contributed by atoms with Gasteiger partial charge in [-0.15, -0.1) is 0 Å². The molecule has 1 saturated heterocycles. The van der Waals surface area contributed by atoms with Crippen molar-refractivity contribution in [1.82, 2.24) is 9.62 Å². The number of halogens is 2. The first kappa shape index (κ1) is 21.4. The molecule has 1 aliphatic heterocycles. The van der Waals surface area contributed by atoms with Crippen molar-refractivity contribution in [3.63, 3.8) is 0 Å². The maximum atomic E-state index is 15.7. The number of benzene rings is 2. The number of hydrogen-bond donors (Lipinski definition) is 1. The molecule has 1 aliphatic rings. The second kappa shape index (κ2) is 8.20. The molecule has 29 heavy (non-hydrogen) atoms. The minimum absolute atomic E-state index is 0.163. The van der Waals surface area contributed by atoms with Gasteiger partial charge in [0.15, 0.2) is 0 Å². The quantitative estimate of drug-likeness (QED) is 0.803. The van der Waals surface area contributed by atoms with Crippen molar-refractivity contribution < 1.29 is 22.0 Å². The maximum absolute atomic E-state index is 15.7. The van der Waals surface area contributed by atoms with Crippen LogP contribution in [0.2, 0.25) is 0 Å². The van der Waals surface area contributed by atoms with E-state index in [9.17, 15) is 13.2 Å². The van der Waals surface area contributed by atoms with Gasteiger partial charge in [0.2, 0.25) is 15.9 Å². The van der Waals surface area contributed by atoms with Crippen molar-refractivity contribution in [2.24, 2.45) is 0 Å². The summed E-state index contributed by atoms with van der Waals surface area (Å²) in [5.74, 6) is -3.95. The molecule has 1 N–H and O–H groups in total. The van der Waals surface area contributed by atoms with Crippen molar-refractivity contribution in [2.45, 2.75) is 37.8 Å². The van der Waals surface area contributed by atoms with Crippen molar-refractivity contribution in [2.75, 3.05) is 12.8 Å². The van der Waals surface area contributed by atoms with Gasteiger partial charge in [-0.25, -0.2) is 13.1 Å². The number of carbonyl (C=O) groups excluding carboxylic acids is 1. The van der Waals surface area contributed by atoms with E-state index in [1.54, 1.807) is 12.1 Å². The number of rotatable bonds is 5. The first-order chi connectivity index (χ1) is 13.6. The van der Waals surface area contributed by atoms with Gasteiger partial charge in [-0.1, -0.05) is 48.5 Å². The standard InChI is InChI=1S/C21H24F2N2O3S/c1-15(26)25-13-7-12-19(24-29(2,27)28)20(25)21(22,23)18-11-6-10-17(14-18)16-8-4-3-5-9-16/h3-6,8-11,14,19-20,24H,7,12-13H2,1-2H3. The van der Waals surface area contributed by atoms with Crippen molar-refractivity contribution in [3.8, 4) is 11.1 Å². The maximum Gasteiger partial charge on any atom is 0.294 e. The van der Waals surface area contributed by atoms with E-state index in [1.165, 1.54) is 19.1 Å². The SMILES string of the molecule is CC(=O)N1CCCC(NS(C)(=O)=O)C1C(F)(F)c1cccc(-c2ccccc2)c1. The van der Waals surface area contributed by atoms with E-state index in [-0.39, 0.29) is 18.5 Å². The smallest absolute Gasteiger partial charge is 0.294 e. The van der Waals surface area contributed by atoms with Crippen LogP contribution in [-0.2, 0) is 20.7 Å². The van der Waals surface area contributed by atoms with Gasteiger partial charge in [0, 0.05) is 25.1 Å². The Morgan fingerprint density at radius 2 is 1.76 bits per heavy atom. The van der Waals surface area contributed by atoms with E-state index in [2.05, 4.69) is 4.72 Å². The molecule has 3 rings (SSSR count). The zero-order chi connectivity index (χ0) is 21.2. The second-order valence-electron chi connectivity index (χ2n) is 7.37. The number of carbonyl (C=O) groups is 1. The molecule has 8 heteroatoms. The zero-order valence-electron chi connectivity index (χ0n) is 16.3. The third-order valence-corrected chi connectivity index (χ3v) is 5.86. The van der Waals surface area contributed by atoms with Crippen LogP contribution in [0.1, 0.15) is 25.3 Å². The molecule has 0 saturated carbocycles. The molecule has 0 radical (unpaired) electrons. The lowest BCUT2D eigenvalue weighted by molar-refractivity contribution is -0.151. The number of nitrogens with one attached hydrogen (secondary N) is 1. The third kappa shape index (κ3) is 4.82. The molecular weight excluding hydrogens is 398 g/mol. The van der Waals surface area contributed by atoms with Gasteiger partial charge >= 0.3 is 0 Å². The number of alkyl halides is 2. The number of amides is 1. The molecule has 156 valence electrons. The Bertz CT molecular complexity index is 980. The Morgan fingerprint density at radius 3 is 2.38 bits per heavy atom. The van der Waals surface area contributed by atoms with Crippen LogP contribution in [0.4, 0.5) is 8.78 Å². The van der Waals surface area contributed by atoms with E-state index < -0.39 is 33.9 Å². The second-order valence-corrected chi connectivity index (χ2v) is 9.15. The number of nitrogens with zero attached hydrogens (tertiary/aromatic N) is 1. The Morgan fingerprint density at radius 1 is 1.10 bits per heavy atom. The number of piperidine rings is 1. The van der Waals surface area contributed by atoms with Gasteiger partial charge in [0.25, 0.3) is 5.92 Å². The fraction of sp³-hybridized carbons (Fsp3) is 0.381. The van der Waals surface area contributed by atoms with Gasteiger partial charge in [-0.3, -0.25) is 4.79 Å². The van der Waals surface area contributed by atoms with Gasteiger partial charge in [0.1, 0.15) is 6.04 Å². The van der Waals surface area contributed by atoms with Gasteiger partial charge in [0.05, 0.1) is 6.26 Å². The predicted molar refractivity (Wildman–Crippen MR) is 108 cm³/mol. The Kier molecular flexibility index (Phi) is 6.05. The highest BCUT2D eigenvalue weighted by Gasteiger charge is 2.52. The monoisotopic (exact) mass is 422 g/mol. The normalized spacial score (nSPS) is 20.5. The number of sulfonamides is 1. The van der Waals surface area contributed by atoms with E-state index in [4.69, 9.17) is 0 Å². The fourth-order valence-corrected chi connectivity index (χ4v) is 4.70. The largest absolute Gasteiger partial charge is 0.332 e. The summed E-state index contributed by atoms with van der Waals surface area (Å²) in [7, 11) is -3.72. The molecule has 2 aromatic carbocycles. The predicted octanol–water partition coefficient (Wildman–Crippen LogP) is 3.37. The Balaban J connectivity index is 2.04. The van der Waals surface area contributed by atoms with Gasteiger partial charge < -0.3 is 4.90 Å². The Hall–Kier alpha value is -2.32. The van der Waals surface area contributed by atoms with Crippen molar-refractivity contribution in [1.29, 1.82) is 0 Å². The lowest BCUT2D eigenvalue weighted by atomic mass is 9.87. The molecule has 0 spiro atoms. The van der Waals surface area contributed by atoms with Crippen LogP contribution < -0.4 is 4.72 Å². The highest BCUT2D eigenvalue weighted by Crippen LogP contribution is 2.40. The van der Waals surface area contributed by atoms with Gasteiger partial charge in [-0.05, 0) is 30.0 Å². The summed E-state index contributed by atoms with van der Waals surface area (Å²) in [5.41, 5.74) is 1.17. The lowest BCUT2D eigenvalue weighted by Crippen LogP contribution is -2.62. The molecule has 1 heterocycles. The summed E-state index contributed by atoms with van der Waals surface area (Å²) in [6, 6.07) is 12.5. The molecule has 1 fully saturated rings. The number of likely N-dealkylation sites (tertiary alicyclic amines) is 1. The highest BCUT2D eigenvalue weighted by molar-refractivity contribution is 7.88. The van der Waals surface area contributed by atoms with E-state index in [0.29, 0.717) is 12.0 Å². The first-order valence-electron chi connectivity index (χ1n) is 9.38. The summed E-state index contributed by atoms with van der Waals surface area (Å²) in [5, 5.41) is 0. The lowest BCUT2D eigenvalue weighted by Gasteiger charge is -2.44. The first-order valence-corrected chi connectivity index (χ1v) is 11.3. The van der Waals surface area contributed by atoms with Crippen LogP contribution in [0.25, 0.3) is 11.1 Å². The number of hydrogen-bond acceptors (Lipinski definition) is 3. The van der Waals surface area contributed by atoms with E-state index in [0.717, 1.165) is 16.7 Å². The molecule has 0 aliphatic carbocycles. The molecule has 0 aromatic heterocycles. The Labute approximate surface area is 169 Å². The molecule has 0 bridgehead atoms. The third-order valence-electron chi connectivity index (χ3n) is 5.13. The summed E-state index contributed by atoms with van der Waals surface area (Å²) >= 11 is 0. The molecule has 5 nitrogen and oxygen atoms in total. The van der Waals surface area contributed by atoms with Crippen LogP contribution >= 0.6 is 0 Å². The zero-order valence-corrected chi connectivity index (χ0v) is 17.1. The summed E-state index contributed by atoms with van der Waals surface area (Å²) in [6.45, 7) is 1.39. The summed E-state index contributed by atoms with van der Waals surface area (Å²) < 4.78 is 57.3. The van der Waals surface area contributed by atoms with Crippen LogP contribution in [0.15, 0.2) is 54.6 Å². The topological polar surface area (TPSA) is 66.5 Å².